The molecule has 1 fully saturated rings. The van der Waals surface area contributed by atoms with Crippen molar-refractivity contribution in [1.82, 2.24) is 10.2 Å². The molecule has 2 aromatic rings. The van der Waals surface area contributed by atoms with Gasteiger partial charge in [-0.05, 0) is 45.0 Å². The van der Waals surface area contributed by atoms with Crippen molar-refractivity contribution >= 4 is 16.9 Å². The summed E-state index contributed by atoms with van der Waals surface area (Å²) in [6, 6.07) is 9.98. The number of fused-ring (bicyclic) bond motifs is 1. The van der Waals surface area contributed by atoms with Gasteiger partial charge in [0.2, 0.25) is 5.91 Å². The highest BCUT2D eigenvalue weighted by Gasteiger charge is 2.33. The minimum atomic E-state index is -0.0413. The monoisotopic (exact) mass is 300 g/mol. The van der Waals surface area contributed by atoms with Crippen LogP contribution in [0.4, 0.5) is 0 Å². The molecule has 0 spiro atoms. The van der Waals surface area contributed by atoms with E-state index in [1.54, 1.807) is 0 Å². The van der Waals surface area contributed by atoms with Gasteiger partial charge in [-0.25, -0.2) is 0 Å². The van der Waals surface area contributed by atoms with Gasteiger partial charge >= 0.3 is 0 Å². The minimum Gasteiger partial charge on any atom is -0.459 e. The van der Waals surface area contributed by atoms with Gasteiger partial charge in [-0.1, -0.05) is 25.1 Å². The molecule has 1 aromatic carbocycles. The van der Waals surface area contributed by atoms with Crippen LogP contribution < -0.4 is 5.32 Å². The fraction of sp³-hybridized carbons (Fsp3) is 0.500. The number of para-hydroxylation sites is 1. The van der Waals surface area contributed by atoms with E-state index in [0.29, 0.717) is 12.5 Å². The number of rotatable bonds is 5. The minimum absolute atomic E-state index is 0.0413. The zero-order valence-electron chi connectivity index (χ0n) is 13.5. The summed E-state index contributed by atoms with van der Waals surface area (Å²) in [5.74, 6) is 1.61. The molecule has 0 bridgehead atoms. The summed E-state index contributed by atoms with van der Waals surface area (Å²) in [5.41, 5.74) is 0.879. The van der Waals surface area contributed by atoms with Crippen molar-refractivity contribution in [2.75, 3.05) is 19.6 Å². The van der Waals surface area contributed by atoms with E-state index in [9.17, 15) is 4.79 Å². The van der Waals surface area contributed by atoms with Crippen molar-refractivity contribution < 1.29 is 9.21 Å². The van der Waals surface area contributed by atoms with E-state index in [-0.39, 0.29) is 17.9 Å². The van der Waals surface area contributed by atoms with E-state index < -0.39 is 0 Å². The first-order chi connectivity index (χ1) is 10.6. The quantitative estimate of drug-likeness (QED) is 0.922. The van der Waals surface area contributed by atoms with Crippen LogP contribution in [0.5, 0.6) is 0 Å². The van der Waals surface area contributed by atoms with Crippen LogP contribution in [0.25, 0.3) is 11.0 Å². The molecule has 4 nitrogen and oxygen atoms in total. The zero-order valence-corrected chi connectivity index (χ0v) is 13.5. The second-order valence-electron chi connectivity index (χ2n) is 6.19. The maximum atomic E-state index is 12.8. The van der Waals surface area contributed by atoms with Gasteiger partial charge in [-0.3, -0.25) is 4.79 Å². The molecule has 1 aromatic heterocycles. The third kappa shape index (κ3) is 2.63. The maximum absolute atomic E-state index is 12.8. The number of amides is 1. The van der Waals surface area contributed by atoms with Crippen molar-refractivity contribution in [3.63, 3.8) is 0 Å². The fourth-order valence-electron chi connectivity index (χ4n) is 3.11. The molecule has 2 atom stereocenters. The smallest absolute Gasteiger partial charge is 0.226 e. The Kier molecular flexibility index (Phi) is 4.21. The van der Waals surface area contributed by atoms with Crippen molar-refractivity contribution in [3.05, 3.63) is 36.1 Å². The Labute approximate surface area is 131 Å². The largest absolute Gasteiger partial charge is 0.459 e. The summed E-state index contributed by atoms with van der Waals surface area (Å²) in [5, 5.41) is 4.33. The van der Waals surface area contributed by atoms with Crippen LogP contribution in [0, 0.1) is 11.8 Å². The van der Waals surface area contributed by atoms with Crippen LogP contribution in [0.1, 0.15) is 32.6 Å². The summed E-state index contributed by atoms with van der Waals surface area (Å²) in [4.78, 5) is 14.7. The second-order valence-corrected chi connectivity index (χ2v) is 6.19. The Morgan fingerprint density at radius 2 is 2.09 bits per heavy atom. The van der Waals surface area contributed by atoms with Crippen LogP contribution >= 0.6 is 0 Å². The van der Waals surface area contributed by atoms with Gasteiger partial charge in [0.15, 0.2) is 0 Å². The molecule has 1 amide bonds. The SMILES string of the molecule is CCN(C(=O)C(C)C1CNC1)C(C)c1cc2ccccc2o1. The number of furan rings is 1. The Morgan fingerprint density at radius 1 is 1.36 bits per heavy atom. The Morgan fingerprint density at radius 3 is 2.68 bits per heavy atom. The molecule has 1 N–H and O–H groups in total. The first kappa shape index (κ1) is 15.1. The van der Waals surface area contributed by atoms with E-state index in [0.717, 1.165) is 29.8 Å². The highest BCUT2D eigenvalue weighted by Crippen LogP contribution is 2.29. The number of carbonyl (C=O) groups excluding carboxylic acids is 1. The summed E-state index contributed by atoms with van der Waals surface area (Å²) >= 11 is 0. The van der Waals surface area contributed by atoms with Gasteiger partial charge in [-0.15, -0.1) is 0 Å². The Balaban J connectivity index is 1.80. The normalized spacial score (nSPS) is 18.0. The van der Waals surface area contributed by atoms with Gasteiger partial charge in [0, 0.05) is 17.8 Å². The van der Waals surface area contributed by atoms with Crippen LogP contribution in [0.15, 0.2) is 34.7 Å². The molecule has 0 aliphatic carbocycles. The molecule has 22 heavy (non-hydrogen) atoms. The third-order valence-electron chi connectivity index (χ3n) is 4.86. The van der Waals surface area contributed by atoms with Gasteiger partial charge in [0.1, 0.15) is 11.3 Å². The standard InChI is InChI=1S/C18H24N2O2/c1-4-20(18(21)12(2)15-10-19-11-15)13(3)17-9-14-7-5-6-8-16(14)22-17/h5-9,12-13,15,19H,4,10-11H2,1-3H3. The van der Waals surface area contributed by atoms with E-state index in [1.165, 1.54) is 0 Å². The zero-order chi connectivity index (χ0) is 15.7. The molecule has 4 heteroatoms. The lowest BCUT2D eigenvalue weighted by molar-refractivity contribution is -0.139. The maximum Gasteiger partial charge on any atom is 0.226 e. The van der Waals surface area contributed by atoms with Crippen LogP contribution in [0.3, 0.4) is 0 Å². The summed E-state index contributed by atoms with van der Waals surface area (Å²) in [7, 11) is 0. The Hall–Kier alpha value is -1.81. The molecule has 1 saturated heterocycles. The number of carbonyl (C=O) groups is 1. The van der Waals surface area contributed by atoms with Crippen molar-refractivity contribution in [3.8, 4) is 0 Å². The molecule has 2 heterocycles. The highest BCUT2D eigenvalue weighted by atomic mass is 16.3. The number of nitrogens with zero attached hydrogens (tertiary/aromatic N) is 1. The van der Waals surface area contributed by atoms with Gasteiger partial charge in [-0.2, -0.15) is 0 Å². The molecular formula is C18H24N2O2. The number of benzene rings is 1. The number of nitrogens with one attached hydrogen (secondary N) is 1. The van der Waals surface area contributed by atoms with E-state index >= 15 is 0 Å². The topological polar surface area (TPSA) is 45.5 Å². The third-order valence-corrected chi connectivity index (χ3v) is 4.86. The van der Waals surface area contributed by atoms with Crippen LogP contribution in [0.2, 0.25) is 0 Å². The lowest BCUT2D eigenvalue weighted by Crippen LogP contribution is -2.50. The fourth-order valence-corrected chi connectivity index (χ4v) is 3.11. The summed E-state index contributed by atoms with van der Waals surface area (Å²) < 4.78 is 5.94. The van der Waals surface area contributed by atoms with Crippen LogP contribution in [-0.2, 0) is 4.79 Å². The van der Waals surface area contributed by atoms with E-state index in [1.807, 2.05) is 56.0 Å². The average Bonchev–Trinajstić information content (AvgIpc) is 2.89. The van der Waals surface area contributed by atoms with E-state index in [2.05, 4.69) is 5.32 Å². The predicted molar refractivity (Wildman–Crippen MR) is 87.5 cm³/mol. The Bertz CT molecular complexity index is 627. The van der Waals surface area contributed by atoms with E-state index in [4.69, 9.17) is 4.42 Å². The number of hydrogen-bond donors (Lipinski definition) is 1. The molecule has 0 radical (unpaired) electrons. The summed E-state index contributed by atoms with van der Waals surface area (Å²) in [6.07, 6.45) is 0. The van der Waals surface area contributed by atoms with Gasteiger partial charge in [0.05, 0.1) is 6.04 Å². The second kappa shape index (κ2) is 6.13. The van der Waals surface area contributed by atoms with Gasteiger partial charge < -0.3 is 14.6 Å². The van der Waals surface area contributed by atoms with Crippen molar-refractivity contribution in [1.29, 1.82) is 0 Å². The van der Waals surface area contributed by atoms with Crippen molar-refractivity contribution in [2.45, 2.75) is 26.8 Å². The van der Waals surface area contributed by atoms with Gasteiger partial charge in [0.25, 0.3) is 0 Å². The lowest BCUT2D eigenvalue weighted by atomic mass is 9.87. The molecule has 3 rings (SSSR count). The summed E-state index contributed by atoms with van der Waals surface area (Å²) in [6.45, 7) is 8.71. The van der Waals surface area contributed by atoms with Crippen LogP contribution in [-0.4, -0.2) is 30.4 Å². The first-order valence-corrected chi connectivity index (χ1v) is 8.11. The molecule has 1 aliphatic rings. The average molecular weight is 300 g/mol. The molecule has 2 unspecified atom stereocenters. The molecule has 0 saturated carbocycles. The first-order valence-electron chi connectivity index (χ1n) is 8.11. The lowest BCUT2D eigenvalue weighted by Gasteiger charge is -2.36. The number of hydrogen-bond acceptors (Lipinski definition) is 3. The van der Waals surface area contributed by atoms with Crippen molar-refractivity contribution in [2.24, 2.45) is 11.8 Å². The predicted octanol–water partition coefficient (Wildman–Crippen LogP) is 3.20. The highest BCUT2D eigenvalue weighted by molar-refractivity contribution is 5.80. The molecular weight excluding hydrogens is 276 g/mol. The molecule has 1 aliphatic heterocycles. The molecule has 118 valence electrons.